The van der Waals surface area contributed by atoms with E-state index in [-0.39, 0.29) is 5.91 Å². The minimum Gasteiger partial charge on any atom is -0.369 e. The molecular formula is C17H26N6O. The monoisotopic (exact) mass is 330 g/mol. The predicted molar refractivity (Wildman–Crippen MR) is 93.7 cm³/mol. The van der Waals surface area contributed by atoms with Gasteiger partial charge in [-0.15, -0.1) is 0 Å². The number of fused-ring (bicyclic) bond motifs is 1. The Bertz CT molecular complexity index is 677. The molecule has 3 rings (SSSR count). The van der Waals surface area contributed by atoms with Crippen molar-refractivity contribution in [1.82, 2.24) is 25.1 Å². The summed E-state index contributed by atoms with van der Waals surface area (Å²) in [6.45, 7) is 4.17. The van der Waals surface area contributed by atoms with Crippen LogP contribution in [0.1, 0.15) is 45.4 Å². The molecule has 0 radical (unpaired) electrons. The number of hydrogen-bond donors (Lipinski definition) is 2. The maximum atomic E-state index is 12.0. The topological polar surface area (TPSA) is 84.7 Å². The van der Waals surface area contributed by atoms with Crippen LogP contribution in [0.3, 0.4) is 0 Å². The Morgan fingerprint density at radius 3 is 2.92 bits per heavy atom. The Labute approximate surface area is 142 Å². The maximum Gasteiger partial charge on any atom is 0.220 e. The van der Waals surface area contributed by atoms with Crippen molar-refractivity contribution in [3.8, 4) is 0 Å². The molecule has 0 aromatic carbocycles. The fourth-order valence-corrected chi connectivity index (χ4v) is 3.29. The van der Waals surface area contributed by atoms with Gasteiger partial charge in [0, 0.05) is 19.5 Å². The number of hydrogen-bond acceptors (Lipinski definition) is 5. The van der Waals surface area contributed by atoms with Gasteiger partial charge in [-0.3, -0.25) is 4.79 Å². The first kappa shape index (κ1) is 16.7. The first-order valence-corrected chi connectivity index (χ1v) is 8.95. The molecule has 0 spiro atoms. The van der Waals surface area contributed by atoms with Gasteiger partial charge in [-0.05, 0) is 25.2 Å². The number of anilines is 1. The number of aromatic nitrogens is 4. The minimum atomic E-state index is 0.151. The molecule has 2 heterocycles. The second-order valence-electron chi connectivity index (χ2n) is 6.46. The lowest BCUT2D eigenvalue weighted by Gasteiger charge is -2.10. The van der Waals surface area contributed by atoms with E-state index in [2.05, 4.69) is 32.6 Å². The van der Waals surface area contributed by atoms with Crippen LogP contribution < -0.4 is 10.6 Å². The van der Waals surface area contributed by atoms with Gasteiger partial charge in [0.25, 0.3) is 0 Å². The van der Waals surface area contributed by atoms with Gasteiger partial charge < -0.3 is 10.6 Å². The quantitative estimate of drug-likeness (QED) is 0.776. The smallest absolute Gasteiger partial charge is 0.220 e. The van der Waals surface area contributed by atoms with E-state index in [0.717, 1.165) is 29.8 Å². The van der Waals surface area contributed by atoms with Crippen LogP contribution in [0.4, 0.5) is 5.82 Å². The average molecular weight is 330 g/mol. The van der Waals surface area contributed by atoms with E-state index >= 15 is 0 Å². The standard InChI is InChI=1S/C17H26N6O/c1-2-7-19-16-14-11-22-23(17(14)21-12-20-16)9-8-18-15(24)10-13-5-3-4-6-13/h11-13H,2-10H2,1H3,(H,18,24)(H,19,20,21). The Morgan fingerprint density at radius 1 is 1.29 bits per heavy atom. The van der Waals surface area contributed by atoms with Gasteiger partial charge in [-0.25, -0.2) is 14.6 Å². The van der Waals surface area contributed by atoms with Crippen molar-refractivity contribution >= 4 is 22.8 Å². The largest absolute Gasteiger partial charge is 0.369 e. The summed E-state index contributed by atoms with van der Waals surface area (Å²) in [5.41, 5.74) is 0.800. The number of nitrogens with zero attached hydrogens (tertiary/aromatic N) is 4. The number of nitrogens with one attached hydrogen (secondary N) is 2. The van der Waals surface area contributed by atoms with Crippen LogP contribution in [-0.2, 0) is 11.3 Å². The molecule has 1 aliphatic carbocycles. The van der Waals surface area contributed by atoms with Crippen molar-refractivity contribution in [3.63, 3.8) is 0 Å². The first-order chi connectivity index (χ1) is 11.8. The van der Waals surface area contributed by atoms with Crippen molar-refractivity contribution in [2.45, 2.75) is 52.0 Å². The summed E-state index contributed by atoms with van der Waals surface area (Å²) in [4.78, 5) is 20.6. The number of carbonyl (C=O) groups is 1. The fourth-order valence-electron chi connectivity index (χ4n) is 3.29. The molecule has 1 fully saturated rings. The van der Waals surface area contributed by atoms with Gasteiger partial charge in [-0.2, -0.15) is 5.10 Å². The van der Waals surface area contributed by atoms with Gasteiger partial charge in [0.05, 0.1) is 18.1 Å². The van der Waals surface area contributed by atoms with Crippen LogP contribution in [0.5, 0.6) is 0 Å². The normalized spacial score (nSPS) is 15.0. The van der Waals surface area contributed by atoms with E-state index in [4.69, 9.17) is 0 Å². The van der Waals surface area contributed by atoms with Gasteiger partial charge in [0.15, 0.2) is 5.65 Å². The third kappa shape index (κ3) is 4.01. The van der Waals surface area contributed by atoms with Crippen molar-refractivity contribution in [2.75, 3.05) is 18.4 Å². The van der Waals surface area contributed by atoms with E-state index in [1.54, 1.807) is 12.5 Å². The van der Waals surface area contributed by atoms with E-state index in [1.807, 2.05) is 4.68 Å². The van der Waals surface area contributed by atoms with E-state index in [9.17, 15) is 4.79 Å². The Kier molecular flexibility index (Phi) is 5.61. The molecule has 0 atom stereocenters. The highest BCUT2D eigenvalue weighted by molar-refractivity contribution is 5.86. The summed E-state index contributed by atoms with van der Waals surface area (Å²) in [6.07, 6.45) is 9.96. The highest BCUT2D eigenvalue weighted by Crippen LogP contribution is 2.27. The molecule has 2 aromatic rings. The van der Waals surface area contributed by atoms with Crippen LogP contribution in [0.15, 0.2) is 12.5 Å². The summed E-state index contributed by atoms with van der Waals surface area (Å²) in [5.74, 6) is 1.55. The molecule has 24 heavy (non-hydrogen) atoms. The van der Waals surface area contributed by atoms with Gasteiger partial charge in [0.1, 0.15) is 12.1 Å². The van der Waals surface area contributed by atoms with Gasteiger partial charge in [-0.1, -0.05) is 19.8 Å². The summed E-state index contributed by atoms with van der Waals surface area (Å²) in [7, 11) is 0. The molecule has 0 unspecified atom stereocenters. The van der Waals surface area contributed by atoms with E-state index in [0.29, 0.717) is 25.4 Å². The summed E-state index contributed by atoms with van der Waals surface area (Å²) >= 11 is 0. The molecule has 0 bridgehead atoms. The van der Waals surface area contributed by atoms with E-state index < -0.39 is 0 Å². The minimum absolute atomic E-state index is 0.151. The lowest BCUT2D eigenvalue weighted by atomic mass is 10.0. The molecule has 2 aromatic heterocycles. The fraction of sp³-hybridized carbons (Fsp3) is 0.647. The Balaban J connectivity index is 1.54. The molecule has 7 nitrogen and oxygen atoms in total. The van der Waals surface area contributed by atoms with Crippen molar-refractivity contribution in [1.29, 1.82) is 0 Å². The zero-order valence-corrected chi connectivity index (χ0v) is 14.3. The molecule has 0 saturated heterocycles. The lowest BCUT2D eigenvalue weighted by Crippen LogP contribution is -2.28. The highest BCUT2D eigenvalue weighted by atomic mass is 16.1. The lowest BCUT2D eigenvalue weighted by molar-refractivity contribution is -0.122. The summed E-state index contributed by atoms with van der Waals surface area (Å²) in [6, 6.07) is 0. The van der Waals surface area contributed by atoms with Gasteiger partial charge in [0.2, 0.25) is 5.91 Å². The van der Waals surface area contributed by atoms with Crippen LogP contribution in [0.25, 0.3) is 11.0 Å². The third-order valence-electron chi connectivity index (χ3n) is 4.57. The zero-order valence-electron chi connectivity index (χ0n) is 14.3. The van der Waals surface area contributed by atoms with Crippen LogP contribution in [-0.4, -0.2) is 38.7 Å². The first-order valence-electron chi connectivity index (χ1n) is 8.95. The Morgan fingerprint density at radius 2 is 2.12 bits per heavy atom. The molecule has 130 valence electrons. The second kappa shape index (κ2) is 8.08. The zero-order chi connectivity index (χ0) is 16.8. The average Bonchev–Trinajstić information content (AvgIpc) is 3.23. The molecule has 2 N–H and O–H groups in total. The van der Waals surface area contributed by atoms with Crippen molar-refractivity contribution in [2.24, 2.45) is 5.92 Å². The molecule has 1 amide bonds. The van der Waals surface area contributed by atoms with Crippen LogP contribution in [0.2, 0.25) is 0 Å². The molecule has 0 aliphatic heterocycles. The third-order valence-corrected chi connectivity index (χ3v) is 4.57. The number of amides is 1. The molecule has 1 saturated carbocycles. The van der Waals surface area contributed by atoms with Crippen molar-refractivity contribution < 1.29 is 4.79 Å². The Hall–Kier alpha value is -2.18. The SMILES string of the molecule is CCCNc1ncnc2c1cnn2CCNC(=O)CC1CCCC1. The van der Waals surface area contributed by atoms with Crippen molar-refractivity contribution in [3.05, 3.63) is 12.5 Å². The van der Waals surface area contributed by atoms with Gasteiger partial charge >= 0.3 is 0 Å². The summed E-state index contributed by atoms with van der Waals surface area (Å²) in [5, 5.41) is 11.6. The maximum absolute atomic E-state index is 12.0. The number of carbonyl (C=O) groups excluding carboxylic acids is 1. The predicted octanol–water partition coefficient (Wildman–Crippen LogP) is 2.34. The highest BCUT2D eigenvalue weighted by Gasteiger charge is 2.18. The second-order valence-corrected chi connectivity index (χ2v) is 6.46. The van der Waals surface area contributed by atoms with Crippen LogP contribution >= 0.6 is 0 Å². The van der Waals surface area contributed by atoms with E-state index in [1.165, 1.54) is 25.7 Å². The number of rotatable bonds is 8. The summed E-state index contributed by atoms with van der Waals surface area (Å²) < 4.78 is 1.82. The molecule has 1 aliphatic rings. The molecule has 7 heteroatoms. The van der Waals surface area contributed by atoms with Crippen LogP contribution in [0, 0.1) is 5.92 Å². The molecular weight excluding hydrogens is 304 g/mol.